The molecule has 9 aromatic carbocycles. The predicted octanol–water partition coefficient (Wildman–Crippen LogP) is 14.9. The molecule has 0 atom stereocenters. The van der Waals surface area contributed by atoms with E-state index in [0.29, 0.717) is 0 Å². The van der Waals surface area contributed by atoms with E-state index in [9.17, 15) is 0 Å². The van der Waals surface area contributed by atoms with E-state index in [1.807, 2.05) is 6.07 Å². The van der Waals surface area contributed by atoms with Crippen LogP contribution in [0.4, 0.5) is 17.1 Å². The van der Waals surface area contributed by atoms with Crippen LogP contribution in [0.25, 0.3) is 77.2 Å². The van der Waals surface area contributed by atoms with Gasteiger partial charge in [-0.2, -0.15) is 0 Å². The topological polar surface area (TPSA) is 16.4 Å². The minimum atomic E-state index is 0.910. The lowest BCUT2D eigenvalue weighted by Crippen LogP contribution is -2.10. The molecular formula is C52H35NO. The quantitative estimate of drug-likeness (QED) is 0.166. The smallest absolute Gasteiger partial charge is 0.143 e. The number of benzene rings is 9. The molecule has 0 spiro atoms. The average molecular weight is 690 g/mol. The van der Waals surface area contributed by atoms with Gasteiger partial charge in [-0.15, -0.1) is 0 Å². The summed E-state index contributed by atoms with van der Waals surface area (Å²) in [6.07, 6.45) is 0. The summed E-state index contributed by atoms with van der Waals surface area (Å²) in [6.45, 7) is 0. The zero-order valence-corrected chi connectivity index (χ0v) is 29.6. The van der Waals surface area contributed by atoms with Gasteiger partial charge in [-0.05, 0) is 75.2 Å². The number of fused-ring (bicyclic) bond motifs is 4. The standard InChI is InChI=1S/C52H35NO/c1-3-13-36(14-4-1)37-27-31-43(32-28-37)53(50-26-10-18-39-17-7-8-21-45(39)50)44-33-29-38(30-34-44)41-19-9-20-42(35-41)47-23-12-25-49-48-24-11-22-46(51(48)54-52(47)49)40-15-5-2-6-16-40/h1-35H. The minimum Gasteiger partial charge on any atom is -0.455 e. The van der Waals surface area contributed by atoms with Crippen LogP contribution in [-0.2, 0) is 0 Å². The van der Waals surface area contributed by atoms with Gasteiger partial charge in [-0.3, -0.25) is 0 Å². The van der Waals surface area contributed by atoms with E-state index in [0.717, 1.165) is 72.4 Å². The normalized spacial score (nSPS) is 11.3. The van der Waals surface area contributed by atoms with E-state index >= 15 is 0 Å². The first-order valence-electron chi connectivity index (χ1n) is 18.4. The molecule has 0 amide bonds. The summed E-state index contributed by atoms with van der Waals surface area (Å²) in [7, 11) is 0. The van der Waals surface area contributed by atoms with Gasteiger partial charge in [0.25, 0.3) is 0 Å². The molecule has 0 saturated heterocycles. The molecule has 2 nitrogen and oxygen atoms in total. The molecule has 0 aliphatic heterocycles. The summed E-state index contributed by atoms with van der Waals surface area (Å²) < 4.78 is 6.75. The minimum absolute atomic E-state index is 0.910. The van der Waals surface area contributed by atoms with Crippen molar-refractivity contribution in [3.05, 3.63) is 212 Å². The molecule has 0 radical (unpaired) electrons. The number of hydrogen-bond donors (Lipinski definition) is 0. The van der Waals surface area contributed by atoms with Gasteiger partial charge in [0.2, 0.25) is 0 Å². The largest absolute Gasteiger partial charge is 0.455 e. The number of para-hydroxylation sites is 2. The molecule has 54 heavy (non-hydrogen) atoms. The number of nitrogens with zero attached hydrogens (tertiary/aromatic N) is 1. The Labute approximate surface area is 314 Å². The molecule has 10 aromatic rings. The highest BCUT2D eigenvalue weighted by Crippen LogP contribution is 2.42. The molecule has 0 unspecified atom stereocenters. The maximum atomic E-state index is 6.75. The highest BCUT2D eigenvalue weighted by Gasteiger charge is 2.18. The van der Waals surface area contributed by atoms with E-state index in [1.54, 1.807) is 0 Å². The Morgan fingerprint density at radius 3 is 1.41 bits per heavy atom. The van der Waals surface area contributed by atoms with Gasteiger partial charge >= 0.3 is 0 Å². The maximum absolute atomic E-state index is 6.75. The average Bonchev–Trinajstić information content (AvgIpc) is 3.64. The fraction of sp³-hybridized carbons (Fsp3) is 0. The summed E-state index contributed by atoms with van der Waals surface area (Å²) in [5.74, 6) is 0. The summed E-state index contributed by atoms with van der Waals surface area (Å²) in [4.78, 5) is 2.36. The van der Waals surface area contributed by atoms with Crippen molar-refractivity contribution >= 4 is 49.8 Å². The first kappa shape index (κ1) is 31.6. The molecule has 1 heterocycles. The fourth-order valence-electron chi connectivity index (χ4n) is 7.83. The number of anilines is 3. The van der Waals surface area contributed by atoms with E-state index in [2.05, 4.69) is 211 Å². The van der Waals surface area contributed by atoms with Crippen molar-refractivity contribution in [1.29, 1.82) is 0 Å². The van der Waals surface area contributed by atoms with Crippen LogP contribution >= 0.6 is 0 Å². The third kappa shape index (κ3) is 5.62. The van der Waals surface area contributed by atoms with Crippen molar-refractivity contribution in [2.24, 2.45) is 0 Å². The first-order chi connectivity index (χ1) is 26.8. The third-order valence-corrected chi connectivity index (χ3v) is 10.5. The Kier molecular flexibility index (Phi) is 7.85. The lowest BCUT2D eigenvalue weighted by atomic mass is 9.97. The summed E-state index contributed by atoms with van der Waals surface area (Å²) in [5, 5.41) is 4.68. The predicted molar refractivity (Wildman–Crippen MR) is 228 cm³/mol. The molecule has 0 aliphatic rings. The Hall–Kier alpha value is -7.16. The Bertz CT molecular complexity index is 2900. The van der Waals surface area contributed by atoms with Gasteiger partial charge in [0.1, 0.15) is 11.2 Å². The second-order valence-electron chi connectivity index (χ2n) is 13.7. The molecule has 0 fully saturated rings. The summed E-state index contributed by atoms with van der Waals surface area (Å²) in [5.41, 5.74) is 14.4. The second kappa shape index (κ2) is 13.4. The lowest BCUT2D eigenvalue weighted by Gasteiger charge is -2.27. The van der Waals surface area contributed by atoms with Crippen molar-refractivity contribution in [1.82, 2.24) is 0 Å². The second-order valence-corrected chi connectivity index (χ2v) is 13.7. The summed E-state index contributed by atoms with van der Waals surface area (Å²) in [6, 6.07) is 75.7. The Balaban J connectivity index is 1.03. The van der Waals surface area contributed by atoms with Crippen LogP contribution in [-0.4, -0.2) is 0 Å². The van der Waals surface area contributed by atoms with Crippen LogP contribution in [0, 0.1) is 0 Å². The number of furan rings is 1. The van der Waals surface area contributed by atoms with Gasteiger partial charge in [0, 0.05) is 38.7 Å². The van der Waals surface area contributed by atoms with Crippen LogP contribution < -0.4 is 4.90 Å². The molecular weight excluding hydrogens is 655 g/mol. The number of hydrogen-bond acceptors (Lipinski definition) is 2. The molecule has 0 saturated carbocycles. The van der Waals surface area contributed by atoms with Gasteiger partial charge in [-0.1, -0.05) is 176 Å². The van der Waals surface area contributed by atoms with E-state index in [-0.39, 0.29) is 0 Å². The summed E-state index contributed by atoms with van der Waals surface area (Å²) >= 11 is 0. The molecule has 10 rings (SSSR count). The Morgan fingerprint density at radius 1 is 0.296 bits per heavy atom. The highest BCUT2D eigenvalue weighted by atomic mass is 16.3. The van der Waals surface area contributed by atoms with Gasteiger partial charge in [0.05, 0.1) is 5.69 Å². The van der Waals surface area contributed by atoms with Crippen molar-refractivity contribution in [3.8, 4) is 44.5 Å². The number of rotatable bonds is 7. The Morgan fingerprint density at radius 2 is 0.741 bits per heavy atom. The van der Waals surface area contributed by atoms with Gasteiger partial charge in [0.15, 0.2) is 0 Å². The first-order valence-corrected chi connectivity index (χ1v) is 18.4. The van der Waals surface area contributed by atoms with Crippen LogP contribution in [0.3, 0.4) is 0 Å². The third-order valence-electron chi connectivity index (χ3n) is 10.5. The van der Waals surface area contributed by atoms with Gasteiger partial charge in [-0.25, -0.2) is 0 Å². The SMILES string of the molecule is c1ccc(-c2ccc(N(c3ccc(-c4cccc(-c5cccc6c5oc5c(-c7ccccc7)cccc56)c4)cc3)c3cccc4ccccc34)cc2)cc1. The molecule has 0 N–H and O–H groups in total. The molecule has 1 aromatic heterocycles. The van der Waals surface area contributed by atoms with Crippen molar-refractivity contribution < 1.29 is 4.42 Å². The molecule has 254 valence electrons. The molecule has 0 aliphatic carbocycles. The van der Waals surface area contributed by atoms with Crippen molar-refractivity contribution in [3.63, 3.8) is 0 Å². The monoisotopic (exact) mass is 689 g/mol. The molecule has 2 heteroatoms. The lowest BCUT2D eigenvalue weighted by molar-refractivity contribution is 0.671. The van der Waals surface area contributed by atoms with Crippen LogP contribution in [0.2, 0.25) is 0 Å². The fourth-order valence-corrected chi connectivity index (χ4v) is 7.83. The van der Waals surface area contributed by atoms with Crippen molar-refractivity contribution in [2.45, 2.75) is 0 Å². The zero-order valence-electron chi connectivity index (χ0n) is 29.6. The van der Waals surface area contributed by atoms with Crippen LogP contribution in [0.1, 0.15) is 0 Å². The van der Waals surface area contributed by atoms with E-state index < -0.39 is 0 Å². The van der Waals surface area contributed by atoms with Gasteiger partial charge < -0.3 is 9.32 Å². The highest BCUT2D eigenvalue weighted by molar-refractivity contribution is 6.13. The van der Waals surface area contributed by atoms with Crippen molar-refractivity contribution in [2.75, 3.05) is 4.90 Å². The van der Waals surface area contributed by atoms with E-state index in [1.165, 1.54) is 21.9 Å². The molecule has 0 bridgehead atoms. The van der Waals surface area contributed by atoms with E-state index in [4.69, 9.17) is 4.42 Å². The zero-order chi connectivity index (χ0) is 35.8. The maximum Gasteiger partial charge on any atom is 0.143 e. The van der Waals surface area contributed by atoms with Crippen LogP contribution in [0.5, 0.6) is 0 Å². The van der Waals surface area contributed by atoms with Crippen LogP contribution in [0.15, 0.2) is 217 Å².